The lowest BCUT2D eigenvalue weighted by Gasteiger charge is -2.43. The number of carbonyl (C=O) groups is 2. The predicted octanol–water partition coefficient (Wildman–Crippen LogP) is 5.46. The van der Waals surface area contributed by atoms with Crippen molar-refractivity contribution in [1.82, 2.24) is 25.8 Å². The molecule has 2 fully saturated rings. The number of nitrogens with zero attached hydrogens (tertiary/aromatic N) is 3. The van der Waals surface area contributed by atoms with Gasteiger partial charge in [0.1, 0.15) is 5.60 Å². The standard InChI is InChI=1S/C30H43ClN6O2.C5H10O2.C2H6/c1-7-34-27(21(2)3)28(37-17-15-36(6)16-18-37)24-10-9-23(31)19-25(24)22(4)26(11-14-33-20-32-5)35-29(38)30(39)12-8-13-30;1-3-5(2)7-4-6;1-2/h7,9-11,14,19-20,26-28,34,39H,1-2,4,8,12-13,15-18H2,3,5-6H3,(H,32,33)(H,35,38);4-5H,3H2,1-2H3;1-2H3/b14-11+;;. The van der Waals surface area contributed by atoms with Crippen molar-refractivity contribution in [1.29, 1.82) is 0 Å². The summed E-state index contributed by atoms with van der Waals surface area (Å²) in [6.45, 7) is 26.6. The number of halogens is 1. The molecule has 4 atom stereocenters. The topological polar surface area (TPSA) is 119 Å². The average Bonchev–Trinajstić information content (AvgIpc) is 3.06. The van der Waals surface area contributed by atoms with E-state index < -0.39 is 17.6 Å². The Balaban J connectivity index is 0.00000113. The smallest absolute Gasteiger partial charge is 0.293 e. The molecular formula is C37H59ClN6O4. The first-order chi connectivity index (χ1) is 22.9. The van der Waals surface area contributed by atoms with E-state index in [1.807, 2.05) is 52.8 Å². The molecular weight excluding hydrogens is 628 g/mol. The molecule has 10 nitrogen and oxygen atoms in total. The molecule has 1 aromatic rings. The lowest BCUT2D eigenvalue weighted by Crippen LogP contribution is -2.54. The largest absolute Gasteiger partial charge is 0.465 e. The minimum Gasteiger partial charge on any atom is -0.465 e. The Morgan fingerprint density at radius 1 is 1.21 bits per heavy atom. The third-order valence-electron chi connectivity index (χ3n) is 8.47. The van der Waals surface area contributed by atoms with Gasteiger partial charge >= 0.3 is 0 Å². The number of aliphatic hydroxyl groups is 1. The van der Waals surface area contributed by atoms with Crippen LogP contribution in [0.3, 0.4) is 0 Å². The number of piperazine rings is 1. The third kappa shape index (κ3) is 12.9. The Hall–Kier alpha value is -3.44. The highest BCUT2D eigenvalue weighted by Crippen LogP contribution is 2.37. The molecule has 0 bridgehead atoms. The number of likely N-dealkylation sites (N-methyl/N-ethyl adjacent to an activating group) is 1. The number of nitrogens with one attached hydrogen (secondary N) is 3. The summed E-state index contributed by atoms with van der Waals surface area (Å²) in [5, 5.41) is 20.7. The molecule has 268 valence electrons. The van der Waals surface area contributed by atoms with Crippen molar-refractivity contribution < 1.29 is 19.4 Å². The number of rotatable bonds is 16. The molecule has 3 rings (SSSR count). The van der Waals surface area contributed by atoms with E-state index >= 15 is 0 Å². The molecule has 0 spiro atoms. The van der Waals surface area contributed by atoms with Crippen LogP contribution in [0.4, 0.5) is 0 Å². The number of hydrogen-bond acceptors (Lipinski definition) is 8. The first kappa shape index (κ1) is 42.6. The van der Waals surface area contributed by atoms with Gasteiger partial charge in [-0.05, 0) is 87.7 Å². The van der Waals surface area contributed by atoms with Crippen LogP contribution < -0.4 is 16.0 Å². The van der Waals surface area contributed by atoms with Gasteiger partial charge < -0.3 is 30.7 Å². The summed E-state index contributed by atoms with van der Waals surface area (Å²) in [6.07, 6.45) is 9.45. The molecule has 4 unspecified atom stereocenters. The van der Waals surface area contributed by atoms with Gasteiger partial charge in [0, 0.05) is 44.4 Å². The maximum absolute atomic E-state index is 13.1. The zero-order chi connectivity index (χ0) is 36.3. The normalized spacial score (nSPS) is 18.4. The molecule has 2 aliphatic rings. The van der Waals surface area contributed by atoms with Crippen molar-refractivity contribution in [2.24, 2.45) is 4.99 Å². The number of ether oxygens (including phenoxy) is 1. The van der Waals surface area contributed by atoms with E-state index in [1.165, 1.54) is 0 Å². The average molecular weight is 687 g/mol. The van der Waals surface area contributed by atoms with E-state index in [2.05, 4.69) is 62.3 Å². The molecule has 11 heteroatoms. The molecule has 1 amide bonds. The second-order valence-electron chi connectivity index (χ2n) is 11.9. The van der Waals surface area contributed by atoms with Crippen molar-refractivity contribution in [3.8, 4) is 0 Å². The van der Waals surface area contributed by atoms with Crippen LogP contribution in [0.5, 0.6) is 0 Å². The summed E-state index contributed by atoms with van der Waals surface area (Å²) in [7, 11) is 3.80. The summed E-state index contributed by atoms with van der Waals surface area (Å²) < 4.78 is 4.51. The fraction of sp³-hybridized carbons (Fsp3) is 0.541. The molecule has 48 heavy (non-hydrogen) atoms. The monoisotopic (exact) mass is 686 g/mol. The molecule has 1 saturated heterocycles. The molecule has 1 heterocycles. The highest BCUT2D eigenvalue weighted by molar-refractivity contribution is 6.30. The van der Waals surface area contributed by atoms with Crippen LogP contribution in [0.25, 0.3) is 5.57 Å². The molecule has 1 aliphatic carbocycles. The molecule has 1 saturated carbocycles. The van der Waals surface area contributed by atoms with E-state index in [9.17, 15) is 14.7 Å². The zero-order valence-corrected chi connectivity index (χ0v) is 30.9. The Kier molecular flexibility index (Phi) is 19.7. The SMILES string of the molecule is C=CNC(C(=C)C)C(c1ccc(Cl)cc1C(=C)C(/C=C/NC=NC)NC(=O)C1(O)CCC1)N1CCN(C)CC1.CC.CCC(C)OC=O. The highest BCUT2D eigenvalue weighted by atomic mass is 35.5. The molecule has 0 radical (unpaired) electrons. The summed E-state index contributed by atoms with van der Waals surface area (Å²) in [5.41, 5.74) is 2.15. The lowest BCUT2D eigenvalue weighted by molar-refractivity contribution is -0.148. The van der Waals surface area contributed by atoms with Crippen LogP contribution in [0.1, 0.15) is 77.5 Å². The van der Waals surface area contributed by atoms with Crippen LogP contribution in [0.2, 0.25) is 5.02 Å². The van der Waals surface area contributed by atoms with Crippen LogP contribution >= 0.6 is 11.6 Å². The van der Waals surface area contributed by atoms with Crippen LogP contribution in [0.15, 0.2) is 67.0 Å². The van der Waals surface area contributed by atoms with E-state index in [0.717, 1.165) is 55.7 Å². The number of hydrogen-bond donors (Lipinski definition) is 4. The second-order valence-corrected chi connectivity index (χ2v) is 12.4. The third-order valence-corrected chi connectivity index (χ3v) is 8.71. The zero-order valence-electron chi connectivity index (χ0n) is 30.1. The van der Waals surface area contributed by atoms with Gasteiger partial charge in [-0.25, -0.2) is 0 Å². The Bertz CT molecular complexity index is 1240. The van der Waals surface area contributed by atoms with Gasteiger partial charge in [-0.15, -0.1) is 0 Å². The van der Waals surface area contributed by atoms with Crippen LogP contribution in [-0.4, -0.2) is 97.7 Å². The maximum atomic E-state index is 13.1. The number of amides is 1. The Labute approximate surface area is 294 Å². The maximum Gasteiger partial charge on any atom is 0.293 e. The first-order valence-corrected chi connectivity index (χ1v) is 17.2. The van der Waals surface area contributed by atoms with Crippen LogP contribution in [0, 0.1) is 0 Å². The van der Waals surface area contributed by atoms with Gasteiger partial charge in [0.25, 0.3) is 12.4 Å². The van der Waals surface area contributed by atoms with Gasteiger partial charge in [-0.1, -0.05) is 63.7 Å². The summed E-state index contributed by atoms with van der Waals surface area (Å²) >= 11 is 6.55. The summed E-state index contributed by atoms with van der Waals surface area (Å²) in [6, 6.07) is 5.04. The van der Waals surface area contributed by atoms with Gasteiger partial charge in [-0.3, -0.25) is 19.5 Å². The molecule has 1 aromatic carbocycles. The fourth-order valence-corrected chi connectivity index (χ4v) is 5.45. The molecule has 4 N–H and O–H groups in total. The van der Waals surface area contributed by atoms with Gasteiger partial charge in [0.05, 0.1) is 30.6 Å². The van der Waals surface area contributed by atoms with E-state index in [1.54, 1.807) is 31.9 Å². The van der Waals surface area contributed by atoms with Crippen molar-refractivity contribution >= 4 is 35.9 Å². The minimum atomic E-state index is -1.34. The second kappa shape index (κ2) is 22.2. The quantitative estimate of drug-likeness (QED) is 0.0784. The van der Waals surface area contributed by atoms with Crippen molar-refractivity contribution in [3.63, 3.8) is 0 Å². The van der Waals surface area contributed by atoms with Gasteiger partial charge in [-0.2, -0.15) is 0 Å². The predicted molar refractivity (Wildman–Crippen MR) is 200 cm³/mol. The highest BCUT2D eigenvalue weighted by Gasteiger charge is 2.43. The Morgan fingerprint density at radius 3 is 2.33 bits per heavy atom. The Morgan fingerprint density at radius 2 is 1.85 bits per heavy atom. The number of carbonyl (C=O) groups excluding carboxylic acids is 2. The molecule has 0 aromatic heterocycles. The first-order valence-electron chi connectivity index (χ1n) is 16.8. The van der Waals surface area contributed by atoms with Gasteiger partial charge in [0.15, 0.2) is 0 Å². The van der Waals surface area contributed by atoms with Crippen molar-refractivity contribution in [2.75, 3.05) is 40.3 Å². The summed E-state index contributed by atoms with van der Waals surface area (Å²) in [5.74, 6) is -0.402. The molecule has 1 aliphatic heterocycles. The van der Waals surface area contributed by atoms with E-state index in [-0.39, 0.29) is 18.2 Å². The number of benzene rings is 1. The van der Waals surface area contributed by atoms with E-state index in [0.29, 0.717) is 29.9 Å². The lowest BCUT2D eigenvalue weighted by atomic mass is 9.79. The number of aliphatic imine (C=N–C) groups is 1. The minimum absolute atomic E-state index is 0.0810. The van der Waals surface area contributed by atoms with Crippen molar-refractivity contribution in [2.45, 2.75) is 90.1 Å². The fourth-order valence-electron chi connectivity index (χ4n) is 5.28. The van der Waals surface area contributed by atoms with Crippen LogP contribution in [-0.2, 0) is 14.3 Å². The summed E-state index contributed by atoms with van der Waals surface area (Å²) in [4.78, 5) is 31.3. The van der Waals surface area contributed by atoms with E-state index in [4.69, 9.17) is 11.6 Å². The van der Waals surface area contributed by atoms with Crippen molar-refractivity contribution in [3.05, 3.63) is 78.1 Å². The van der Waals surface area contributed by atoms with Gasteiger partial charge in [0.2, 0.25) is 0 Å².